The average molecular weight is 1010 g/mol. The average Bonchev–Trinajstić information content (AvgIpc) is 3.26. The molecule has 73 heavy (non-hydrogen) atoms. The van der Waals surface area contributed by atoms with E-state index in [1.54, 1.807) is 26.0 Å². The van der Waals surface area contributed by atoms with E-state index in [9.17, 15) is 44.1 Å². The van der Waals surface area contributed by atoms with Gasteiger partial charge < -0.3 is 29.5 Å². The zero-order chi connectivity index (χ0) is 55.1. The Morgan fingerprint density at radius 3 is 0.904 bits per heavy atom. The number of benzene rings is 3. The fourth-order valence-corrected chi connectivity index (χ4v) is 8.42. The Bertz CT molecular complexity index is 2750. The van der Waals surface area contributed by atoms with Crippen molar-refractivity contribution >= 4 is 29.1 Å². The molecule has 3 N–H and O–H groups in total. The van der Waals surface area contributed by atoms with Crippen LogP contribution in [-0.2, 0) is 89.2 Å². The van der Waals surface area contributed by atoms with Crippen molar-refractivity contribution in [1.29, 1.82) is 0 Å². The lowest BCUT2D eigenvalue weighted by molar-refractivity contribution is -0.144. The summed E-state index contributed by atoms with van der Waals surface area (Å²) in [5.41, 5.74) is 3.16. The SMILES string of the molecule is C=C(C)c1cc(CCC(=O)OCCn2c(=O)n(CCOC(=O)CCc3cc(C(=C)C)c(O)c(C(C)(C)C)c3)c(=O)n(CCOC(=O)CCc3cc(C(C)(C)C)c(O)c(C(C)(C)C)c3)c2=O)cc(C(C)(C)C)c1O. The number of esters is 3. The largest absolute Gasteiger partial charge is 0.507 e. The lowest BCUT2D eigenvalue weighted by atomic mass is 9.78. The van der Waals surface area contributed by atoms with Crippen LogP contribution < -0.4 is 17.1 Å². The second-order valence-corrected chi connectivity index (χ2v) is 23.1. The van der Waals surface area contributed by atoms with Crippen molar-refractivity contribution < 1.29 is 43.9 Å². The van der Waals surface area contributed by atoms with Crippen LogP contribution in [-0.4, -0.2) is 66.7 Å². The predicted octanol–water partition coefficient (Wildman–Crippen LogP) is 9.07. The van der Waals surface area contributed by atoms with E-state index in [-0.39, 0.29) is 60.2 Å². The molecular formula is C58H79N3O12. The molecule has 0 spiro atoms. The second-order valence-electron chi connectivity index (χ2n) is 23.1. The standard InChI is InChI=1S/C58H79N3O12/c1-35(2)40-29-37(31-42(49(40)65)55(5,6)7)17-20-46(62)71-26-23-59-52(68)60(24-27-72-47(63)21-18-38-30-41(36(3)4)50(66)43(32-38)56(8,9)10)54(70)61(53(59)69)25-28-73-48(64)22-19-39-33-44(57(11,12)13)51(67)45(34-39)58(14,15)16/h29-34,65-67H,1,3,17-28H2,2,4-16H3. The summed E-state index contributed by atoms with van der Waals surface area (Å²) >= 11 is 0. The van der Waals surface area contributed by atoms with E-state index in [0.29, 0.717) is 39.8 Å². The van der Waals surface area contributed by atoms with Crippen LogP contribution >= 0.6 is 0 Å². The first-order valence-corrected chi connectivity index (χ1v) is 25.0. The van der Waals surface area contributed by atoms with Crippen LogP contribution in [0, 0.1) is 0 Å². The molecule has 15 heteroatoms. The predicted molar refractivity (Wildman–Crippen MR) is 286 cm³/mol. The molecule has 4 aromatic rings. The summed E-state index contributed by atoms with van der Waals surface area (Å²) in [7, 11) is 0. The molecular weight excluding hydrogens is 931 g/mol. The van der Waals surface area contributed by atoms with Crippen molar-refractivity contribution in [3.8, 4) is 17.2 Å². The summed E-state index contributed by atoms with van der Waals surface area (Å²) < 4.78 is 18.7. The second kappa shape index (κ2) is 23.5. The maximum Gasteiger partial charge on any atom is 0.336 e. The van der Waals surface area contributed by atoms with Gasteiger partial charge in [0.25, 0.3) is 0 Å². The Morgan fingerprint density at radius 2 is 0.671 bits per heavy atom. The van der Waals surface area contributed by atoms with Crippen LogP contribution in [0.1, 0.15) is 166 Å². The maximum atomic E-state index is 13.9. The summed E-state index contributed by atoms with van der Waals surface area (Å²) in [4.78, 5) is 80.8. The van der Waals surface area contributed by atoms with E-state index in [4.69, 9.17) is 14.2 Å². The van der Waals surface area contributed by atoms with Gasteiger partial charge in [0.1, 0.15) is 37.1 Å². The van der Waals surface area contributed by atoms with Gasteiger partial charge in [-0.25, -0.2) is 28.1 Å². The lowest BCUT2D eigenvalue weighted by Crippen LogP contribution is -2.55. The third-order valence-corrected chi connectivity index (χ3v) is 12.6. The summed E-state index contributed by atoms with van der Waals surface area (Å²) in [5, 5.41) is 33.0. The van der Waals surface area contributed by atoms with Crippen molar-refractivity contribution in [3.63, 3.8) is 0 Å². The molecule has 0 saturated carbocycles. The fourth-order valence-electron chi connectivity index (χ4n) is 8.42. The molecule has 4 rings (SSSR count). The molecule has 0 aliphatic rings. The van der Waals surface area contributed by atoms with Crippen LogP contribution in [0.3, 0.4) is 0 Å². The maximum absolute atomic E-state index is 13.9. The van der Waals surface area contributed by atoms with E-state index in [2.05, 4.69) is 13.2 Å². The Morgan fingerprint density at radius 1 is 0.438 bits per heavy atom. The first-order chi connectivity index (χ1) is 33.6. The molecule has 0 radical (unpaired) electrons. The van der Waals surface area contributed by atoms with Gasteiger partial charge in [0, 0.05) is 41.5 Å². The summed E-state index contributed by atoms with van der Waals surface area (Å²) in [6.07, 6.45) is 0.690. The van der Waals surface area contributed by atoms with Gasteiger partial charge in [-0.3, -0.25) is 14.4 Å². The Kier molecular flexibility index (Phi) is 19.0. The molecule has 0 aliphatic carbocycles. The molecule has 1 aromatic heterocycles. The number of aromatic hydroxyl groups is 3. The molecule has 0 unspecified atom stereocenters. The van der Waals surface area contributed by atoms with E-state index in [1.165, 1.54) is 0 Å². The van der Waals surface area contributed by atoms with Crippen molar-refractivity contribution in [1.82, 2.24) is 13.7 Å². The highest BCUT2D eigenvalue weighted by Crippen LogP contribution is 2.41. The highest BCUT2D eigenvalue weighted by molar-refractivity contribution is 5.73. The van der Waals surface area contributed by atoms with Crippen LogP contribution in [0.4, 0.5) is 0 Å². The third-order valence-electron chi connectivity index (χ3n) is 12.6. The first-order valence-electron chi connectivity index (χ1n) is 25.0. The minimum absolute atomic E-state index is 0.0353. The van der Waals surface area contributed by atoms with Gasteiger partial charge >= 0.3 is 35.0 Å². The van der Waals surface area contributed by atoms with Gasteiger partial charge in [0.15, 0.2) is 0 Å². The van der Waals surface area contributed by atoms with Crippen molar-refractivity contribution in [2.24, 2.45) is 0 Å². The quantitative estimate of drug-likeness (QED) is 0.0560. The number of carbonyl (C=O) groups excluding carboxylic acids is 3. The van der Waals surface area contributed by atoms with Crippen LogP contribution in [0.2, 0.25) is 0 Å². The molecule has 0 atom stereocenters. The van der Waals surface area contributed by atoms with E-state index in [0.717, 1.165) is 41.5 Å². The zero-order valence-electron chi connectivity index (χ0n) is 45.7. The van der Waals surface area contributed by atoms with Crippen molar-refractivity contribution in [3.05, 3.63) is 131 Å². The number of ether oxygens (including phenoxy) is 3. The van der Waals surface area contributed by atoms with E-state index >= 15 is 0 Å². The molecule has 0 saturated heterocycles. The number of hydrogen-bond acceptors (Lipinski definition) is 12. The van der Waals surface area contributed by atoms with Gasteiger partial charge in [0.2, 0.25) is 0 Å². The number of aryl methyl sites for hydroxylation is 3. The normalized spacial score (nSPS) is 12.1. The van der Waals surface area contributed by atoms with Crippen molar-refractivity contribution in [2.75, 3.05) is 19.8 Å². The first kappa shape index (κ1) is 58.9. The minimum Gasteiger partial charge on any atom is -0.507 e. The fraction of sp³-hybridized carbons (Fsp3) is 0.517. The molecule has 3 aromatic carbocycles. The number of hydrogen-bond donors (Lipinski definition) is 3. The highest BCUT2D eigenvalue weighted by Gasteiger charge is 2.28. The summed E-state index contributed by atoms with van der Waals surface area (Å²) in [6.45, 7) is 32.8. The lowest BCUT2D eigenvalue weighted by Gasteiger charge is -2.28. The topological polar surface area (TPSA) is 206 Å². The number of phenolic OH excluding ortho intramolecular Hbond substituents is 3. The van der Waals surface area contributed by atoms with E-state index in [1.807, 2.05) is 107 Å². The number of aromatic nitrogens is 3. The molecule has 15 nitrogen and oxygen atoms in total. The van der Waals surface area contributed by atoms with Crippen molar-refractivity contribution in [2.45, 2.75) is 177 Å². The molecule has 0 bridgehead atoms. The molecule has 0 fully saturated rings. The van der Waals surface area contributed by atoms with Crippen LogP contribution in [0.25, 0.3) is 11.1 Å². The minimum atomic E-state index is -1.02. The van der Waals surface area contributed by atoms with Gasteiger partial charge in [-0.05, 0) is 106 Å². The number of nitrogens with zero attached hydrogens (tertiary/aromatic N) is 3. The molecule has 0 aliphatic heterocycles. The van der Waals surface area contributed by atoms with E-state index < -0.39 is 85.3 Å². The molecule has 398 valence electrons. The Labute approximate surface area is 430 Å². The summed E-state index contributed by atoms with van der Waals surface area (Å²) in [5.74, 6) is -1.34. The van der Waals surface area contributed by atoms with Gasteiger partial charge in [0.05, 0.1) is 19.6 Å². The Hall–Kier alpha value is -6.64. The van der Waals surface area contributed by atoms with Crippen LogP contribution in [0.5, 0.6) is 17.2 Å². The monoisotopic (exact) mass is 1010 g/mol. The van der Waals surface area contributed by atoms with Gasteiger partial charge in [-0.2, -0.15) is 0 Å². The molecule has 1 heterocycles. The highest BCUT2D eigenvalue weighted by atomic mass is 16.5. The third kappa shape index (κ3) is 15.4. The number of rotatable bonds is 20. The number of allylic oxidation sites excluding steroid dienone is 2. The van der Waals surface area contributed by atoms with Gasteiger partial charge in [-0.15, -0.1) is 0 Å². The van der Waals surface area contributed by atoms with Gasteiger partial charge in [-0.1, -0.05) is 121 Å². The summed E-state index contributed by atoms with van der Waals surface area (Å²) in [6, 6.07) is 11.0. The molecule has 0 amide bonds. The number of phenols is 3. The smallest absolute Gasteiger partial charge is 0.336 e. The number of carbonyl (C=O) groups is 3. The van der Waals surface area contributed by atoms with Crippen LogP contribution in [0.15, 0.2) is 63.9 Å². The Balaban J connectivity index is 1.53. The zero-order valence-corrected chi connectivity index (χ0v) is 45.7.